The minimum absolute atomic E-state index is 0.272. The molecule has 0 radical (unpaired) electrons. The van der Waals surface area contributed by atoms with Crippen molar-refractivity contribution < 1.29 is 9.53 Å². The Kier molecular flexibility index (Phi) is 4.10. The van der Waals surface area contributed by atoms with E-state index < -0.39 is 5.91 Å². The molecule has 0 bridgehead atoms. The van der Waals surface area contributed by atoms with Crippen LogP contribution in [0.5, 0.6) is 5.75 Å². The second kappa shape index (κ2) is 5.79. The highest BCUT2D eigenvalue weighted by Gasteiger charge is 2.11. The summed E-state index contributed by atoms with van der Waals surface area (Å²) in [6, 6.07) is 7.72. The molecular weight excluding hydrogens is 280 g/mol. The van der Waals surface area contributed by atoms with Gasteiger partial charge in [-0.25, -0.2) is 0 Å². The molecule has 0 aliphatic rings. The maximum absolute atomic E-state index is 12.1. The molecular formula is C14H13ClN2O3. The number of benzene rings is 1. The molecule has 0 saturated carbocycles. The predicted molar refractivity (Wildman–Crippen MR) is 77.8 cm³/mol. The van der Waals surface area contributed by atoms with Crippen molar-refractivity contribution in [2.75, 3.05) is 12.4 Å². The Morgan fingerprint density at radius 1 is 1.30 bits per heavy atom. The number of aromatic nitrogens is 1. The lowest BCUT2D eigenvalue weighted by atomic mass is 10.2. The first-order valence-electron chi connectivity index (χ1n) is 5.85. The van der Waals surface area contributed by atoms with Gasteiger partial charge in [0.05, 0.1) is 12.8 Å². The molecule has 5 nitrogen and oxygen atoms in total. The van der Waals surface area contributed by atoms with Crippen LogP contribution in [0.1, 0.15) is 16.1 Å². The lowest BCUT2D eigenvalue weighted by Crippen LogP contribution is -2.17. The number of carbonyl (C=O) groups excluding carboxylic acids is 1. The first-order chi connectivity index (χ1) is 9.49. The van der Waals surface area contributed by atoms with E-state index in [2.05, 4.69) is 10.3 Å². The number of methoxy groups -OCH3 is 1. The molecule has 2 aromatic rings. The van der Waals surface area contributed by atoms with E-state index in [1.807, 2.05) is 0 Å². The van der Waals surface area contributed by atoms with Crippen LogP contribution >= 0.6 is 11.6 Å². The summed E-state index contributed by atoms with van der Waals surface area (Å²) in [7, 11) is 1.50. The smallest absolute Gasteiger partial charge is 0.256 e. The largest absolute Gasteiger partial charge is 0.495 e. The molecule has 1 amide bonds. The van der Waals surface area contributed by atoms with Crippen molar-refractivity contribution in [3.63, 3.8) is 0 Å². The van der Waals surface area contributed by atoms with Gasteiger partial charge in [-0.2, -0.15) is 0 Å². The first kappa shape index (κ1) is 14.1. The van der Waals surface area contributed by atoms with Gasteiger partial charge in [0.25, 0.3) is 5.91 Å². The third-order valence-corrected chi connectivity index (χ3v) is 2.89. The van der Waals surface area contributed by atoms with Gasteiger partial charge in [0, 0.05) is 22.3 Å². The summed E-state index contributed by atoms with van der Waals surface area (Å²) >= 11 is 5.89. The molecule has 2 rings (SSSR count). The van der Waals surface area contributed by atoms with E-state index in [-0.39, 0.29) is 11.1 Å². The van der Waals surface area contributed by atoms with Crippen LogP contribution in [0, 0.1) is 6.92 Å². The lowest BCUT2D eigenvalue weighted by molar-refractivity contribution is 0.102. The second-order valence-electron chi connectivity index (χ2n) is 4.22. The summed E-state index contributed by atoms with van der Waals surface area (Å²) < 4.78 is 5.14. The number of ether oxygens (including phenoxy) is 1. The van der Waals surface area contributed by atoms with E-state index in [9.17, 15) is 9.59 Å². The molecule has 1 heterocycles. The third kappa shape index (κ3) is 3.19. The van der Waals surface area contributed by atoms with Crippen LogP contribution in [0.3, 0.4) is 0 Å². The molecule has 0 fully saturated rings. The van der Waals surface area contributed by atoms with Crippen molar-refractivity contribution in [1.82, 2.24) is 4.98 Å². The second-order valence-corrected chi connectivity index (χ2v) is 4.65. The fraction of sp³-hybridized carbons (Fsp3) is 0.143. The maximum atomic E-state index is 12.1. The molecule has 1 aromatic carbocycles. The van der Waals surface area contributed by atoms with Gasteiger partial charge in [0.1, 0.15) is 5.75 Å². The highest BCUT2D eigenvalue weighted by Crippen LogP contribution is 2.27. The molecule has 0 saturated heterocycles. The minimum Gasteiger partial charge on any atom is -0.495 e. The van der Waals surface area contributed by atoms with Gasteiger partial charge < -0.3 is 15.0 Å². The van der Waals surface area contributed by atoms with Crippen molar-refractivity contribution in [3.05, 3.63) is 57.0 Å². The number of hydrogen-bond donors (Lipinski definition) is 2. The zero-order chi connectivity index (χ0) is 14.7. The summed E-state index contributed by atoms with van der Waals surface area (Å²) in [5.74, 6) is 0.0871. The van der Waals surface area contributed by atoms with Crippen molar-refractivity contribution in [2.24, 2.45) is 0 Å². The van der Waals surface area contributed by atoms with Crippen molar-refractivity contribution in [3.8, 4) is 5.75 Å². The predicted octanol–water partition coefficient (Wildman–Crippen LogP) is 2.60. The number of carbonyl (C=O) groups is 1. The van der Waals surface area contributed by atoms with Gasteiger partial charge in [0.2, 0.25) is 5.56 Å². The van der Waals surface area contributed by atoms with Crippen LogP contribution in [0.2, 0.25) is 5.02 Å². The van der Waals surface area contributed by atoms with Gasteiger partial charge in [0.15, 0.2) is 0 Å². The van der Waals surface area contributed by atoms with E-state index in [4.69, 9.17) is 16.3 Å². The Balaban J connectivity index is 2.32. The average Bonchev–Trinajstić information content (AvgIpc) is 2.37. The van der Waals surface area contributed by atoms with Crippen LogP contribution in [-0.4, -0.2) is 18.0 Å². The van der Waals surface area contributed by atoms with Crippen LogP contribution in [0.4, 0.5) is 5.69 Å². The molecule has 104 valence electrons. The number of pyridine rings is 1. The fourth-order valence-corrected chi connectivity index (χ4v) is 1.96. The molecule has 0 aliphatic carbocycles. The molecule has 1 aromatic heterocycles. The van der Waals surface area contributed by atoms with E-state index in [0.29, 0.717) is 22.2 Å². The van der Waals surface area contributed by atoms with Gasteiger partial charge in [-0.3, -0.25) is 9.59 Å². The van der Waals surface area contributed by atoms with Crippen molar-refractivity contribution in [2.45, 2.75) is 6.92 Å². The van der Waals surface area contributed by atoms with Gasteiger partial charge in [-0.15, -0.1) is 0 Å². The SMILES string of the molecule is COc1ccc(Cl)cc1NC(=O)c1cc(C)[nH]c(=O)c1. The van der Waals surface area contributed by atoms with Gasteiger partial charge in [-0.05, 0) is 31.2 Å². The normalized spacial score (nSPS) is 10.2. The highest BCUT2D eigenvalue weighted by atomic mass is 35.5. The summed E-state index contributed by atoms with van der Waals surface area (Å²) in [6.45, 7) is 1.71. The van der Waals surface area contributed by atoms with E-state index >= 15 is 0 Å². The third-order valence-electron chi connectivity index (χ3n) is 2.65. The van der Waals surface area contributed by atoms with Crippen LogP contribution in [-0.2, 0) is 0 Å². The molecule has 0 unspecified atom stereocenters. The first-order valence-corrected chi connectivity index (χ1v) is 6.23. The average molecular weight is 293 g/mol. The Morgan fingerprint density at radius 3 is 2.70 bits per heavy atom. The van der Waals surface area contributed by atoms with E-state index in [0.717, 1.165) is 0 Å². The van der Waals surface area contributed by atoms with E-state index in [1.54, 1.807) is 31.2 Å². The van der Waals surface area contributed by atoms with Crippen molar-refractivity contribution >= 4 is 23.2 Å². The molecule has 6 heteroatoms. The van der Waals surface area contributed by atoms with Crippen molar-refractivity contribution in [1.29, 1.82) is 0 Å². The summed E-state index contributed by atoms with van der Waals surface area (Å²) in [5, 5.41) is 3.15. The van der Waals surface area contributed by atoms with E-state index in [1.165, 1.54) is 13.2 Å². The number of aromatic amines is 1. The topological polar surface area (TPSA) is 71.2 Å². The zero-order valence-corrected chi connectivity index (χ0v) is 11.7. The molecule has 0 aliphatic heterocycles. The minimum atomic E-state index is -0.403. The molecule has 0 atom stereocenters. The maximum Gasteiger partial charge on any atom is 0.256 e. The number of anilines is 1. The molecule has 20 heavy (non-hydrogen) atoms. The van der Waals surface area contributed by atoms with Crippen LogP contribution in [0.25, 0.3) is 0 Å². The molecule has 0 spiro atoms. The fourth-order valence-electron chi connectivity index (χ4n) is 1.79. The number of rotatable bonds is 3. The number of nitrogens with one attached hydrogen (secondary N) is 2. The number of halogens is 1. The highest BCUT2D eigenvalue weighted by molar-refractivity contribution is 6.31. The zero-order valence-electron chi connectivity index (χ0n) is 11.0. The summed E-state index contributed by atoms with van der Waals surface area (Å²) in [4.78, 5) is 26.1. The number of aryl methyl sites for hydroxylation is 1. The quantitative estimate of drug-likeness (QED) is 0.913. The lowest BCUT2D eigenvalue weighted by Gasteiger charge is -2.10. The number of H-pyrrole nitrogens is 1. The Hall–Kier alpha value is -2.27. The van der Waals surface area contributed by atoms with Crippen LogP contribution < -0.4 is 15.6 Å². The number of amides is 1. The summed E-state index contributed by atoms with van der Waals surface area (Å²) in [6.07, 6.45) is 0. The standard InChI is InChI=1S/C14H13ClN2O3/c1-8-5-9(6-13(18)16-8)14(19)17-11-7-10(15)3-4-12(11)20-2/h3-7H,1-2H3,(H,16,18)(H,17,19). The Morgan fingerprint density at radius 2 is 2.05 bits per heavy atom. The summed E-state index contributed by atoms with van der Waals surface area (Å²) in [5.41, 5.74) is 1.00. The number of hydrogen-bond acceptors (Lipinski definition) is 3. The Bertz CT molecular complexity index is 710. The molecule has 2 N–H and O–H groups in total. The van der Waals surface area contributed by atoms with Gasteiger partial charge in [-0.1, -0.05) is 11.6 Å². The van der Waals surface area contributed by atoms with Gasteiger partial charge >= 0.3 is 0 Å². The Labute approximate surface area is 120 Å². The van der Waals surface area contributed by atoms with Crippen LogP contribution in [0.15, 0.2) is 35.1 Å². The monoisotopic (exact) mass is 292 g/mol.